The van der Waals surface area contributed by atoms with Crippen LogP contribution in [0.2, 0.25) is 0 Å². The fourth-order valence-corrected chi connectivity index (χ4v) is 2.86. The Morgan fingerprint density at radius 2 is 2.00 bits per heavy atom. The fourth-order valence-electron chi connectivity index (χ4n) is 2.86. The molecule has 1 aliphatic rings. The van der Waals surface area contributed by atoms with Crippen molar-refractivity contribution in [1.82, 2.24) is 5.32 Å². The molecule has 1 rings (SSSR count). The van der Waals surface area contributed by atoms with Gasteiger partial charge in [-0.25, -0.2) is 4.79 Å². The van der Waals surface area contributed by atoms with Crippen LogP contribution in [0.5, 0.6) is 0 Å². The molecule has 5 heteroatoms. The van der Waals surface area contributed by atoms with Crippen molar-refractivity contribution < 1.29 is 19.1 Å². The van der Waals surface area contributed by atoms with E-state index in [0.29, 0.717) is 17.8 Å². The Hall–Kier alpha value is -1.36. The first kappa shape index (κ1) is 17.7. The standard InChI is InChI=1S/C16H27NO4/c1-6-14(18)17-15(20-5)16(19)21-13-9-11(4)7-8-12(13)10(2)3/h6,10-13,15H,1,7-9H2,2-5H3,(H,17,18). The number of methoxy groups -OCH3 is 1. The Morgan fingerprint density at radius 1 is 1.33 bits per heavy atom. The summed E-state index contributed by atoms with van der Waals surface area (Å²) in [6, 6.07) is 0. The lowest BCUT2D eigenvalue weighted by Crippen LogP contribution is -2.45. The maximum absolute atomic E-state index is 12.2. The summed E-state index contributed by atoms with van der Waals surface area (Å²) in [4.78, 5) is 23.5. The van der Waals surface area contributed by atoms with Gasteiger partial charge in [0.15, 0.2) is 0 Å². The Labute approximate surface area is 127 Å². The number of carbonyl (C=O) groups excluding carboxylic acids is 2. The van der Waals surface area contributed by atoms with E-state index in [-0.39, 0.29) is 6.10 Å². The average Bonchev–Trinajstić information content (AvgIpc) is 2.43. The molecule has 120 valence electrons. The monoisotopic (exact) mass is 297 g/mol. The zero-order valence-electron chi connectivity index (χ0n) is 13.4. The van der Waals surface area contributed by atoms with Gasteiger partial charge in [-0.2, -0.15) is 0 Å². The summed E-state index contributed by atoms with van der Waals surface area (Å²) in [5.74, 6) is 0.354. The fraction of sp³-hybridized carbons (Fsp3) is 0.750. The van der Waals surface area contributed by atoms with Crippen molar-refractivity contribution in [3.8, 4) is 0 Å². The van der Waals surface area contributed by atoms with Crippen LogP contribution in [0.1, 0.15) is 40.0 Å². The second kappa shape index (κ2) is 8.17. The highest BCUT2D eigenvalue weighted by atomic mass is 16.6. The minimum Gasteiger partial charge on any atom is -0.459 e. The predicted octanol–water partition coefficient (Wildman–Crippen LogP) is 2.27. The van der Waals surface area contributed by atoms with Gasteiger partial charge in [0.1, 0.15) is 6.10 Å². The first-order valence-electron chi connectivity index (χ1n) is 7.55. The molecule has 0 saturated heterocycles. The zero-order chi connectivity index (χ0) is 16.0. The lowest BCUT2D eigenvalue weighted by atomic mass is 9.75. The Morgan fingerprint density at radius 3 is 2.52 bits per heavy atom. The van der Waals surface area contributed by atoms with Crippen LogP contribution in [0.3, 0.4) is 0 Å². The van der Waals surface area contributed by atoms with E-state index in [1.54, 1.807) is 0 Å². The molecule has 4 atom stereocenters. The van der Waals surface area contributed by atoms with Crippen LogP contribution in [0.4, 0.5) is 0 Å². The van der Waals surface area contributed by atoms with E-state index in [1.807, 2.05) is 0 Å². The lowest BCUT2D eigenvalue weighted by Gasteiger charge is -2.37. The zero-order valence-corrected chi connectivity index (χ0v) is 13.4. The maximum Gasteiger partial charge on any atom is 0.356 e. The van der Waals surface area contributed by atoms with Crippen LogP contribution < -0.4 is 5.32 Å². The molecule has 1 fully saturated rings. The molecule has 0 spiro atoms. The molecule has 1 N–H and O–H groups in total. The molecule has 0 heterocycles. The highest BCUT2D eigenvalue weighted by Gasteiger charge is 2.35. The van der Waals surface area contributed by atoms with E-state index < -0.39 is 18.1 Å². The summed E-state index contributed by atoms with van der Waals surface area (Å²) < 4.78 is 10.6. The molecule has 0 aromatic heterocycles. The third-order valence-corrected chi connectivity index (χ3v) is 4.14. The van der Waals surface area contributed by atoms with Crippen molar-refractivity contribution in [3.63, 3.8) is 0 Å². The Bertz CT molecular complexity index is 380. The number of hydrogen-bond acceptors (Lipinski definition) is 4. The minimum absolute atomic E-state index is 0.112. The highest BCUT2D eigenvalue weighted by molar-refractivity contribution is 5.90. The van der Waals surface area contributed by atoms with Gasteiger partial charge in [-0.05, 0) is 36.7 Å². The van der Waals surface area contributed by atoms with Crippen LogP contribution >= 0.6 is 0 Å². The number of amides is 1. The smallest absolute Gasteiger partial charge is 0.356 e. The molecular weight excluding hydrogens is 270 g/mol. The highest BCUT2D eigenvalue weighted by Crippen LogP contribution is 2.35. The number of hydrogen-bond donors (Lipinski definition) is 1. The van der Waals surface area contributed by atoms with E-state index in [1.165, 1.54) is 7.11 Å². The Kier molecular flexibility index (Phi) is 6.89. The number of rotatable bonds is 6. The van der Waals surface area contributed by atoms with Crippen molar-refractivity contribution in [2.75, 3.05) is 7.11 Å². The molecule has 0 aliphatic heterocycles. The predicted molar refractivity (Wildman–Crippen MR) is 80.4 cm³/mol. The lowest BCUT2D eigenvalue weighted by molar-refractivity contribution is -0.170. The summed E-state index contributed by atoms with van der Waals surface area (Å²) in [5.41, 5.74) is 0. The molecule has 5 nitrogen and oxygen atoms in total. The maximum atomic E-state index is 12.2. The number of ether oxygens (including phenoxy) is 2. The molecule has 21 heavy (non-hydrogen) atoms. The summed E-state index contributed by atoms with van der Waals surface area (Å²) in [7, 11) is 1.36. The molecule has 4 unspecified atom stereocenters. The van der Waals surface area contributed by atoms with E-state index in [4.69, 9.17) is 9.47 Å². The molecule has 1 amide bonds. The van der Waals surface area contributed by atoms with Crippen molar-refractivity contribution in [1.29, 1.82) is 0 Å². The van der Waals surface area contributed by atoms with Gasteiger partial charge in [0.25, 0.3) is 0 Å². The van der Waals surface area contributed by atoms with Crippen LogP contribution in [0, 0.1) is 17.8 Å². The second-order valence-corrected chi connectivity index (χ2v) is 6.13. The topological polar surface area (TPSA) is 64.6 Å². The van der Waals surface area contributed by atoms with Crippen molar-refractivity contribution >= 4 is 11.9 Å². The quantitative estimate of drug-likeness (QED) is 0.464. The first-order chi connectivity index (χ1) is 9.88. The molecule has 0 radical (unpaired) electrons. The van der Waals surface area contributed by atoms with Crippen LogP contribution in [0.15, 0.2) is 12.7 Å². The molecule has 0 aromatic rings. The van der Waals surface area contributed by atoms with Gasteiger partial charge < -0.3 is 14.8 Å². The molecule has 1 aliphatic carbocycles. The van der Waals surface area contributed by atoms with Crippen molar-refractivity contribution in [2.45, 2.75) is 52.4 Å². The molecular formula is C16H27NO4. The van der Waals surface area contributed by atoms with E-state index in [2.05, 4.69) is 32.7 Å². The van der Waals surface area contributed by atoms with Gasteiger partial charge in [0.05, 0.1) is 0 Å². The summed E-state index contributed by atoms with van der Waals surface area (Å²) in [6.07, 6.45) is 2.99. The average molecular weight is 297 g/mol. The SMILES string of the molecule is C=CC(=O)NC(OC)C(=O)OC1CC(C)CCC1C(C)C. The third kappa shape index (κ3) is 5.16. The summed E-state index contributed by atoms with van der Waals surface area (Å²) in [6.45, 7) is 9.81. The van der Waals surface area contributed by atoms with E-state index in [9.17, 15) is 9.59 Å². The minimum atomic E-state index is -1.08. The van der Waals surface area contributed by atoms with Gasteiger partial charge >= 0.3 is 5.97 Å². The summed E-state index contributed by atoms with van der Waals surface area (Å²) >= 11 is 0. The molecule has 1 saturated carbocycles. The van der Waals surface area contributed by atoms with Gasteiger partial charge in [-0.1, -0.05) is 33.8 Å². The van der Waals surface area contributed by atoms with Crippen LogP contribution in [-0.2, 0) is 19.1 Å². The largest absolute Gasteiger partial charge is 0.459 e. The van der Waals surface area contributed by atoms with E-state index in [0.717, 1.165) is 25.3 Å². The van der Waals surface area contributed by atoms with Crippen LogP contribution in [0.25, 0.3) is 0 Å². The number of nitrogens with one attached hydrogen (secondary N) is 1. The second-order valence-electron chi connectivity index (χ2n) is 6.13. The number of carbonyl (C=O) groups is 2. The number of esters is 1. The third-order valence-electron chi connectivity index (χ3n) is 4.14. The van der Waals surface area contributed by atoms with Gasteiger partial charge in [0, 0.05) is 7.11 Å². The van der Waals surface area contributed by atoms with Crippen molar-refractivity contribution in [3.05, 3.63) is 12.7 Å². The van der Waals surface area contributed by atoms with Gasteiger partial charge in [-0.3, -0.25) is 4.79 Å². The van der Waals surface area contributed by atoms with E-state index >= 15 is 0 Å². The normalized spacial score (nSPS) is 27.0. The molecule has 0 bridgehead atoms. The molecule has 0 aromatic carbocycles. The van der Waals surface area contributed by atoms with Crippen LogP contribution in [-0.4, -0.2) is 31.3 Å². The Balaban J connectivity index is 2.68. The van der Waals surface area contributed by atoms with Gasteiger partial charge in [0.2, 0.25) is 12.1 Å². The summed E-state index contributed by atoms with van der Waals surface area (Å²) in [5, 5.41) is 2.41. The van der Waals surface area contributed by atoms with Crippen molar-refractivity contribution in [2.24, 2.45) is 17.8 Å². The van der Waals surface area contributed by atoms with Gasteiger partial charge in [-0.15, -0.1) is 0 Å². The first-order valence-corrected chi connectivity index (χ1v) is 7.55.